The van der Waals surface area contributed by atoms with Crippen molar-refractivity contribution in [2.75, 3.05) is 57.3 Å². The summed E-state index contributed by atoms with van der Waals surface area (Å²) < 4.78 is 0. The summed E-state index contributed by atoms with van der Waals surface area (Å²) in [6.45, 7) is 7.17. The van der Waals surface area contributed by atoms with Crippen molar-refractivity contribution in [2.45, 2.75) is 6.54 Å². The normalized spacial score (nSPS) is 18.0. The fourth-order valence-electron chi connectivity index (χ4n) is 3.89. The van der Waals surface area contributed by atoms with Crippen LogP contribution in [-0.2, 0) is 11.3 Å². The molecule has 0 spiro atoms. The molecule has 0 bridgehead atoms. The molecule has 29 heavy (non-hydrogen) atoms. The van der Waals surface area contributed by atoms with Gasteiger partial charge in [0.05, 0.1) is 5.56 Å². The molecule has 0 aliphatic carbocycles. The van der Waals surface area contributed by atoms with Crippen LogP contribution >= 0.6 is 0 Å². The van der Waals surface area contributed by atoms with Gasteiger partial charge in [0.2, 0.25) is 6.41 Å². The van der Waals surface area contributed by atoms with E-state index >= 15 is 0 Å². The number of anilines is 1. The Morgan fingerprint density at radius 3 is 2.24 bits per heavy atom. The Hall–Kier alpha value is -2.93. The van der Waals surface area contributed by atoms with Gasteiger partial charge in [0, 0.05) is 65.1 Å². The number of piperazine rings is 2. The molecule has 7 heteroatoms. The van der Waals surface area contributed by atoms with E-state index in [1.54, 1.807) is 16.0 Å². The summed E-state index contributed by atoms with van der Waals surface area (Å²) in [5.74, 6) is 0.911. The van der Waals surface area contributed by atoms with Crippen LogP contribution in [0.15, 0.2) is 48.7 Å². The first kappa shape index (κ1) is 19.4. The summed E-state index contributed by atoms with van der Waals surface area (Å²) in [7, 11) is 0. The van der Waals surface area contributed by atoms with Gasteiger partial charge in [0.15, 0.2) is 0 Å². The van der Waals surface area contributed by atoms with Crippen LogP contribution in [0.25, 0.3) is 0 Å². The zero-order valence-corrected chi connectivity index (χ0v) is 16.6. The lowest BCUT2D eigenvalue weighted by atomic mass is 10.2. The van der Waals surface area contributed by atoms with Gasteiger partial charge < -0.3 is 14.7 Å². The van der Waals surface area contributed by atoms with Crippen molar-refractivity contribution in [3.8, 4) is 0 Å². The van der Waals surface area contributed by atoms with Gasteiger partial charge in [-0.25, -0.2) is 4.98 Å². The Kier molecular flexibility index (Phi) is 6.05. The van der Waals surface area contributed by atoms with E-state index in [2.05, 4.69) is 39.0 Å². The molecule has 0 N–H and O–H groups in total. The number of amides is 2. The summed E-state index contributed by atoms with van der Waals surface area (Å²) >= 11 is 0. The minimum atomic E-state index is -0.0118. The molecule has 2 aromatic rings. The van der Waals surface area contributed by atoms with Gasteiger partial charge in [-0.3, -0.25) is 14.5 Å². The zero-order valence-electron chi connectivity index (χ0n) is 16.6. The molecule has 7 nitrogen and oxygen atoms in total. The maximum atomic E-state index is 12.7. The molecule has 2 aliphatic rings. The highest BCUT2D eigenvalue weighted by atomic mass is 16.2. The van der Waals surface area contributed by atoms with Crippen molar-refractivity contribution in [1.29, 1.82) is 0 Å². The molecule has 1 aromatic heterocycles. The van der Waals surface area contributed by atoms with Crippen molar-refractivity contribution >= 4 is 18.1 Å². The van der Waals surface area contributed by atoms with Gasteiger partial charge in [0.1, 0.15) is 5.82 Å². The maximum Gasteiger partial charge on any atom is 0.255 e. The first-order valence-electron chi connectivity index (χ1n) is 10.2. The third-order valence-electron chi connectivity index (χ3n) is 5.69. The molecule has 4 rings (SSSR count). The molecule has 0 saturated carbocycles. The van der Waals surface area contributed by atoms with Crippen molar-refractivity contribution in [1.82, 2.24) is 19.7 Å². The highest BCUT2D eigenvalue weighted by Crippen LogP contribution is 2.17. The van der Waals surface area contributed by atoms with Crippen LogP contribution in [0.5, 0.6) is 0 Å². The average molecular weight is 393 g/mol. The Bertz CT molecular complexity index is 811. The molecule has 0 radical (unpaired) electrons. The monoisotopic (exact) mass is 393 g/mol. The lowest BCUT2D eigenvalue weighted by Crippen LogP contribution is -2.48. The largest absolute Gasteiger partial charge is 0.354 e. The van der Waals surface area contributed by atoms with Gasteiger partial charge in [-0.05, 0) is 17.7 Å². The Labute approximate surface area is 171 Å². The Morgan fingerprint density at radius 1 is 0.897 bits per heavy atom. The van der Waals surface area contributed by atoms with Gasteiger partial charge in [0.25, 0.3) is 5.91 Å². The molecule has 1 aromatic carbocycles. The molecular weight excluding hydrogens is 366 g/mol. The zero-order chi connectivity index (χ0) is 20.1. The minimum Gasteiger partial charge on any atom is -0.354 e. The van der Waals surface area contributed by atoms with Crippen LogP contribution in [-0.4, -0.2) is 84.4 Å². The summed E-state index contributed by atoms with van der Waals surface area (Å²) in [6, 6.07) is 14.4. The number of carbonyl (C=O) groups excluding carboxylic acids is 2. The third kappa shape index (κ3) is 4.74. The number of aromatic nitrogens is 1. The predicted octanol–water partition coefficient (Wildman–Crippen LogP) is 1.32. The van der Waals surface area contributed by atoms with Crippen molar-refractivity contribution in [2.24, 2.45) is 0 Å². The summed E-state index contributed by atoms with van der Waals surface area (Å²) in [5.41, 5.74) is 1.95. The van der Waals surface area contributed by atoms with Crippen molar-refractivity contribution in [3.63, 3.8) is 0 Å². The van der Waals surface area contributed by atoms with E-state index in [0.29, 0.717) is 31.7 Å². The van der Waals surface area contributed by atoms with E-state index in [9.17, 15) is 9.59 Å². The molecule has 0 atom stereocenters. The van der Waals surface area contributed by atoms with Gasteiger partial charge in [-0.1, -0.05) is 30.3 Å². The molecule has 2 fully saturated rings. The summed E-state index contributed by atoms with van der Waals surface area (Å²) in [5, 5.41) is 0. The van der Waals surface area contributed by atoms with E-state index < -0.39 is 0 Å². The molecule has 2 saturated heterocycles. The fourth-order valence-corrected chi connectivity index (χ4v) is 3.89. The molecule has 3 heterocycles. The number of carbonyl (C=O) groups is 2. The third-order valence-corrected chi connectivity index (χ3v) is 5.69. The van der Waals surface area contributed by atoms with E-state index in [-0.39, 0.29) is 5.91 Å². The number of rotatable bonds is 5. The van der Waals surface area contributed by atoms with E-state index in [1.165, 1.54) is 5.56 Å². The van der Waals surface area contributed by atoms with Gasteiger partial charge in [-0.2, -0.15) is 0 Å². The predicted molar refractivity (Wildman–Crippen MR) is 112 cm³/mol. The van der Waals surface area contributed by atoms with E-state index in [1.807, 2.05) is 18.2 Å². The number of nitrogens with zero attached hydrogens (tertiary/aromatic N) is 5. The quantitative estimate of drug-likeness (QED) is 0.717. The summed E-state index contributed by atoms with van der Waals surface area (Å²) in [6.07, 6.45) is 2.53. The first-order valence-corrected chi connectivity index (χ1v) is 10.2. The topological polar surface area (TPSA) is 60.0 Å². The van der Waals surface area contributed by atoms with E-state index in [4.69, 9.17) is 0 Å². The number of benzene rings is 1. The average Bonchev–Trinajstić information content (AvgIpc) is 2.80. The minimum absolute atomic E-state index is 0.0118. The first-order chi connectivity index (χ1) is 14.2. The van der Waals surface area contributed by atoms with Crippen molar-refractivity contribution < 1.29 is 9.59 Å². The van der Waals surface area contributed by atoms with Crippen LogP contribution in [0.2, 0.25) is 0 Å². The summed E-state index contributed by atoms with van der Waals surface area (Å²) in [4.78, 5) is 36.2. The van der Waals surface area contributed by atoms with Crippen LogP contribution in [0, 0.1) is 0 Å². The van der Waals surface area contributed by atoms with Crippen LogP contribution in [0.3, 0.4) is 0 Å². The second-order valence-electron chi connectivity index (χ2n) is 7.59. The van der Waals surface area contributed by atoms with E-state index in [0.717, 1.165) is 45.0 Å². The number of hydrogen-bond donors (Lipinski definition) is 0. The van der Waals surface area contributed by atoms with Crippen LogP contribution in [0.1, 0.15) is 15.9 Å². The molecule has 2 aliphatic heterocycles. The number of hydrogen-bond acceptors (Lipinski definition) is 5. The van der Waals surface area contributed by atoms with Gasteiger partial charge >= 0.3 is 0 Å². The molecule has 2 amide bonds. The highest BCUT2D eigenvalue weighted by molar-refractivity contribution is 5.94. The molecule has 152 valence electrons. The SMILES string of the molecule is O=CN1CCN(C(=O)c2ccc(N3CCN(Cc4ccccc4)CC3)nc2)CC1. The van der Waals surface area contributed by atoms with Crippen molar-refractivity contribution in [3.05, 3.63) is 59.8 Å². The Morgan fingerprint density at radius 2 is 1.62 bits per heavy atom. The van der Waals surface area contributed by atoms with Crippen LogP contribution < -0.4 is 4.90 Å². The molecular formula is C22H27N5O2. The molecule has 0 unspecified atom stereocenters. The van der Waals surface area contributed by atoms with Crippen LogP contribution in [0.4, 0.5) is 5.82 Å². The lowest BCUT2D eigenvalue weighted by molar-refractivity contribution is -0.119. The maximum absolute atomic E-state index is 12.7. The standard InChI is InChI=1S/C22H27N5O2/c28-18-25-10-14-27(15-11-25)22(29)20-6-7-21(23-16-20)26-12-8-24(9-13-26)17-19-4-2-1-3-5-19/h1-7,16,18H,8-15,17H2. The fraction of sp³-hybridized carbons (Fsp3) is 0.409. The second kappa shape index (κ2) is 9.05. The van der Waals surface area contributed by atoms with Gasteiger partial charge in [-0.15, -0.1) is 0 Å². The highest BCUT2D eigenvalue weighted by Gasteiger charge is 2.22. The lowest BCUT2D eigenvalue weighted by Gasteiger charge is -2.35. The number of pyridine rings is 1. The smallest absolute Gasteiger partial charge is 0.255 e. The second-order valence-corrected chi connectivity index (χ2v) is 7.59. The Balaban J connectivity index is 1.29.